The van der Waals surface area contributed by atoms with Gasteiger partial charge >= 0.3 is 0 Å². The van der Waals surface area contributed by atoms with E-state index in [0.717, 1.165) is 5.56 Å². The van der Waals surface area contributed by atoms with Crippen molar-refractivity contribution < 1.29 is 9.53 Å². The zero-order valence-electron chi connectivity index (χ0n) is 14.5. The Bertz CT molecular complexity index is 803. The van der Waals surface area contributed by atoms with Gasteiger partial charge in [-0.15, -0.1) is 0 Å². The summed E-state index contributed by atoms with van der Waals surface area (Å²) < 4.78 is 5.42. The van der Waals surface area contributed by atoms with E-state index in [0.29, 0.717) is 6.61 Å². The highest BCUT2D eigenvalue weighted by Crippen LogP contribution is 2.31. The first-order valence-corrected chi connectivity index (χ1v) is 9.67. The third-order valence-electron chi connectivity index (χ3n) is 3.86. The fourth-order valence-electron chi connectivity index (χ4n) is 2.57. The number of hydrogen-bond acceptors (Lipinski definition) is 2. The fraction of sp³-hybridized carbons (Fsp3) is 0.0870. The molecule has 0 heterocycles. The Labute approximate surface area is 157 Å². The van der Waals surface area contributed by atoms with Gasteiger partial charge in [-0.1, -0.05) is 55.1 Å². The van der Waals surface area contributed by atoms with Crippen LogP contribution in [0.1, 0.15) is 5.56 Å². The van der Waals surface area contributed by atoms with Gasteiger partial charge in [0.1, 0.15) is 6.61 Å². The molecule has 0 aromatic heterocycles. The SMILES string of the molecule is C=CC(=O)COCc1ccc([S+](c2ccccc2)c2ccccc2)cc1. The molecule has 3 aromatic rings. The summed E-state index contributed by atoms with van der Waals surface area (Å²) in [4.78, 5) is 15.1. The molecule has 0 radical (unpaired) electrons. The van der Waals surface area contributed by atoms with Gasteiger partial charge < -0.3 is 4.74 Å². The Balaban J connectivity index is 1.81. The molecule has 0 saturated carbocycles. The zero-order chi connectivity index (χ0) is 18.2. The second-order valence-corrected chi connectivity index (χ2v) is 7.77. The van der Waals surface area contributed by atoms with Gasteiger partial charge in [-0.25, -0.2) is 0 Å². The van der Waals surface area contributed by atoms with Gasteiger partial charge in [-0.3, -0.25) is 4.79 Å². The summed E-state index contributed by atoms with van der Waals surface area (Å²) in [6.07, 6.45) is 1.29. The van der Waals surface area contributed by atoms with Crippen LogP contribution in [0.15, 0.2) is 112 Å². The summed E-state index contributed by atoms with van der Waals surface area (Å²) in [5, 5.41) is 0. The summed E-state index contributed by atoms with van der Waals surface area (Å²) in [7, 11) is -0.146. The smallest absolute Gasteiger partial charge is 0.180 e. The van der Waals surface area contributed by atoms with Gasteiger partial charge in [0.25, 0.3) is 0 Å². The van der Waals surface area contributed by atoms with Crippen LogP contribution in [-0.2, 0) is 27.0 Å². The van der Waals surface area contributed by atoms with E-state index in [1.807, 2.05) is 12.1 Å². The maximum Gasteiger partial charge on any atom is 0.180 e. The third-order valence-corrected chi connectivity index (χ3v) is 6.09. The van der Waals surface area contributed by atoms with Crippen molar-refractivity contribution in [3.05, 3.63) is 103 Å². The zero-order valence-corrected chi connectivity index (χ0v) is 15.3. The minimum absolute atomic E-state index is 0.0731. The van der Waals surface area contributed by atoms with E-state index in [1.165, 1.54) is 20.8 Å². The summed E-state index contributed by atoms with van der Waals surface area (Å²) in [5.74, 6) is -0.101. The molecular weight excluding hydrogens is 340 g/mol. The lowest BCUT2D eigenvalue weighted by Crippen LogP contribution is -2.06. The number of carbonyl (C=O) groups is 1. The van der Waals surface area contributed by atoms with Gasteiger partial charge in [0, 0.05) is 0 Å². The summed E-state index contributed by atoms with van der Waals surface area (Å²) in [6.45, 7) is 3.94. The van der Waals surface area contributed by atoms with Gasteiger partial charge in [-0.05, 0) is 48.0 Å². The van der Waals surface area contributed by atoms with Crippen molar-refractivity contribution in [1.82, 2.24) is 0 Å². The lowest BCUT2D eigenvalue weighted by Gasteiger charge is -2.09. The number of carbonyl (C=O) groups excluding carboxylic acids is 1. The van der Waals surface area contributed by atoms with Gasteiger partial charge in [0.05, 0.1) is 17.5 Å². The highest BCUT2D eigenvalue weighted by molar-refractivity contribution is 7.97. The lowest BCUT2D eigenvalue weighted by molar-refractivity contribution is -0.119. The monoisotopic (exact) mass is 361 g/mol. The molecule has 0 aliphatic rings. The summed E-state index contributed by atoms with van der Waals surface area (Å²) in [5.41, 5.74) is 1.05. The average Bonchev–Trinajstić information content (AvgIpc) is 2.71. The highest BCUT2D eigenvalue weighted by atomic mass is 32.2. The van der Waals surface area contributed by atoms with E-state index in [1.54, 1.807) is 0 Å². The van der Waals surface area contributed by atoms with E-state index >= 15 is 0 Å². The van der Waals surface area contributed by atoms with E-state index in [9.17, 15) is 4.79 Å². The molecule has 0 bridgehead atoms. The third kappa shape index (κ3) is 4.72. The van der Waals surface area contributed by atoms with Crippen LogP contribution in [0.25, 0.3) is 0 Å². The first-order valence-electron chi connectivity index (χ1n) is 8.44. The van der Waals surface area contributed by atoms with Crippen LogP contribution >= 0.6 is 0 Å². The van der Waals surface area contributed by atoms with E-state index in [-0.39, 0.29) is 23.3 Å². The van der Waals surface area contributed by atoms with Gasteiger partial charge in [0.2, 0.25) is 0 Å². The molecule has 3 aromatic carbocycles. The van der Waals surface area contributed by atoms with Crippen molar-refractivity contribution in [3.8, 4) is 0 Å². The Hall–Kier alpha value is -2.62. The number of hydrogen-bond donors (Lipinski definition) is 0. The number of ether oxygens (including phenoxy) is 1. The molecule has 0 aliphatic carbocycles. The molecule has 0 unspecified atom stereocenters. The number of benzene rings is 3. The Morgan fingerprint density at radius 3 is 1.81 bits per heavy atom. The van der Waals surface area contributed by atoms with Crippen LogP contribution in [-0.4, -0.2) is 12.4 Å². The van der Waals surface area contributed by atoms with Crippen molar-refractivity contribution in [2.24, 2.45) is 0 Å². The van der Waals surface area contributed by atoms with Crippen LogP contribution in [0.3, 0.4) is 0 Å². The molecule has 3 heteroatoms. The predicted octanol–water partition coefficient (Wildman–Crippen LogP) is 5.05. The maximum atomic E-state index is 11.2. The van der Waals surface area contributed by atoms with Crippen LogP contribution in [0.4, 0.5) is 0 Å². The van der Waals surface area contributed by atoms with Crippen molar-refractivity contribution >= 4 is 16.7 Å². The van der Waals surface area contributed by atoms with Crippen LogP contribution in [0.5, 0.6) is 0 Å². The highest BCUT2D eigenvalue weighted by Gasteiger charge is 2.27. The van der Waals surface area contributed by atoms with Crippen molar-refractivity contribution in [3.63, 3.8) is 0 Å². The van der Waals surface area contributed by atoms with Crippen LogP contribution in [0, 0.1) is 0 Å². The molecule has 0 spiro atoms. The molecule has 130 valence electrons. The minimum atomic E-state index is -0.146. The molecule has 0 fully saturated rings. The van der Waals surface area contributed by atoms with Crippen LogP contribution in [0.2, 0.25) is 0 Å². The first-order chi connectivity index (χ1) is 12.8. The average molecular weight is 361 g/mol. The van der Waals surface area contributed by atoms with Crippen molar-refractivity contribution in [1.29, 1.82) is 0 Å². The normalized spacial score (nSPS) is 10.7. The topological polar surface area (TPSA) is 26.3 Å². The molecule has 0 amide bonds. The number of ketones is 1. The molecule has 0 aliphatic heterocycles. The second-order valence-electron chi connectivity index (χ2n) is 5.74. The van der Waals surface area contributed by atoms with E-state index in [4.69, 9.17) is 4.74 Å². The standard InChI is InChI=1S/C23H21O2S/c1-2-20(24)18-25-17-19-13-15-23(16-14-19)26(21-9-5-3-6-10-21)22-11-7-4-8-12-22/h2-16H,1,17-18H2/q+1. The molecule has 0 saturated heterocycles. The molecule has 0 N–H and O–H groups in total. The summed E-state index contributed by atoms with van der Waals surface area (Å²) in [6, 6.07) is 29.5. The fourth-order valence-corrected chi connectivity index (χ4v) is 4.65. The van der Waals surface area contributed by atoms with E-state index < -0.39 is 0 Å². The van der Waals surface area contributed by atoms with Crippen molar-refractivity contribution in [2.45, 2.75) is 21.3 Å². The summed E-state index contributed by atoms with van der Waals surface area (Å²) >= 11 is 0. The largest absolute Gasteiger partial charge is 0.369 e. The second kappa shape index (κ2) is 9.18. The lowest BCUT2D eigenvalue weighted by atomic mass is 10.2. The Morgan fingerprint density at radius 1 is 0.808 bits per heavy atom. The van der Waals surface area contributed by atoms with Gasteiger partial charge in [-0.2, -0.15) is 0 Å². The quantitative estimate of drug-likeness (QED) is 0.414. The maximum absolute atomic E-state index is 11.2. The Morgan fingerprint density at radius 2 is 1.31 bits per heavy atom. The number of rotatable bonds is 8. The predicted molar refractivity (Wildman–Crippen MR) is 106 cm³/mol. The Kier molecular flexibility index (Phi) is 6.42. The van der Waals surface area contributed by atoms with Crippen LogP contribution < -0.4 is 0 Å². The minimum Gasteiger partial charge on any atom is -0.369 e. The molecule has 2 nitrogen and oxygen atoms in total. The van der Waals surface area contributed by atoms with Gasteiger partial charge in [0.15, 0.2) is 20.5 Å². The molecule has 26 heavy (non-hydrogen) atoms. The molecule has 3 rings (SSSR count). The van der Waals surface area contributed by atoms with E-state index in [2.05, 4.69) is 79.4 Å². The van der Waals surface area contributed by atoms with Crippen molar-refractivity contribution in [2.75, 3.05) is 6.61 Å². The first kappa shape index (κ1) is 18.2. The molecular formula is C23H21O2S+. The molecule has 0 atom stereocenters.